The molecule has 2 aromatic heterocycles. The molecule has 6 rings (SSSR count). The molecule has 44 heavy (non-hydrogen) atoms. The number of likely N-dealkylation sites (tertiary alicyclic amines) is 1. The molecule has 2 N–H and O–H groups in total. The Labute approximate surface area is 256 Å². The van der Waals surface area contributed by atoms with Crippen molar-refractivity contribution in [3.63, 3.8) is 0 Å². The van der Waals surface area contributed by atoms with Gasteiger partial charge in [0.15, 0.2) is 0 Å². The van der Waals surface area contributed by atoms with E-state index in [1.165, 1.54) is 19.1 Å². The van der Waals surface area contributed by atoms with E-state index in [1.807, 2.05) is 14.0 Å². The third kappa shape index (κ3) is 5.50. The zero-order valence-electron chi connectivity index (χ0n) is 25.8. The number of rotatable bonds is 7. The number of pyridine rings is 1. The number of fused-ring (bicyclic) bond motifs is 2. The smallest absolute Gasteiger partial charge is 0.418 e. The van der Waals surface area contributed by atoms with E-state index < -0.39 is 17.7 Å². The van der Waals surface area contributed by atoms with Crippen LogP contribution in [0.4, 0.5) is 24.8 Å². The predicted molar refractivity (Wildman–Crippen MR) is 162 cm³/mol. The number of aromatic nitrogens is 3. The summed E-state index contributed by atoms with van der Waals surface area (Å²) in [5.41, 5.74) is 6.91. The van der Waals surface area contributed by atoms with Crippen molar-refractivity contribution >= 4 is 17.5 Å². The van der Waals surface area contributed by atoms with Gasteiger partial charge in [-0.15, -0.1) is 0 Å². The van der Waals surface area contributed by atoms with Crippen LogP contribution < -0.4 is 15.4 Å². The third-order valence-electron chi connectivity index (χ3n) is 10.4. The van der Waals surface area contributed by atoms with Crippen LogP contribution in [0, 0.1) is 12.8 Å². The molecule has 4 aliphatic rings. The van der Waals surface area contributed by atoms with Gasteiger partial charge in [0.05, 0.1) is 22.5 Å². The average Bonchev–Trinajstić information content (AvgIpc) is 3.70. The molecule has 0 aromatic carbocycles. The normalized spacial score (nSPS) is 24.7. The molecule has 1 amide bonds. The topological polar surface area (TPSA) is 101 Å². The molecule has 3 saturated heterocycles. The molecular formula is C32H42F3N7O2. The summed E-state index contributed by atoms with van der Waals surface area (Å²) in [6.45, 7) is 10.8. The van der Waals surface area contributed by atoms with Crippen molar-refractivity contribution in [1.82, 2.24) is 24.8 Å². The highest BCUT2D eigenvalue weighted by Gasteiger charge is 2.46. The first kappa shape index (κ1) is 30.6. The van der Waals surface area contributed by atoms with E-state index in [0.717, 1.165) is 50.8 Å². The molecule has 0 saturated carbocycles. The number of nitrogens with two attached hydrogens (primary N) is 1. The molecule has 9 nitrogen and oxygen atoms in total. The molecule has 5 heterocycles. The number of alkyl halides is 3. The van der Waals surface area contributed by atoms with E-state index in [0.29, 0.717) is 37.6 Å². The van der Waals surface area contributed by atoms with Gasteiger partial charge in [0.25, 0.3) is 0 Å². The maximum Gasteiger partial charge on any atom is 0.418 e. The highest BCUT2D eigenvalue weighted by molar-refractivity contribution is 5.87. The van der Waals surface area contributed by atoms with Crippen molar-refractivity contribution in [2.24, 2.45) is 5.92 Å². The largest absolute Gasteiger partial charge is 0.461 e. The lowest BCUT2D eigenvalue weighted by molar-refractivity contribution is -0.139. The fourth-order valence-electron chi connectivity index (χ4n) is 8.05. The summed E-state index contributed by atoms with van der Waals surface area (Å²) in [6.07, 6.45) is 2.69. The molecule has 3 atom stereocenters. The molecule has 0 bridgehead atoms. The lowest BCUT2D eigenvalue weighted by Gasteiger charge is -2.36. The van der Waals surface area contributed by atoms with Crippen LogP contribution >= 0.6 is 0 Å². The lowest BCUT2D eigenvalue weighted by Crippen LogP contribution is -2.43. The van der Waals surface area contributed by atoms with Gasteiger partial charge in [0.1, 0.15) is 18.2 Å². The Morgan fingerprint density at radius 1 is 1.20 bits per heavy atom. The van der Waals surface area contributed by atoms with Gasteiger partial charge in [0, 0.05) is 37.7 Å². The van der Waals surface area contributed by atoms with Crippen LogP contribution in [-0.2, 0) is 23.8 Å². The van der Waals surface area contributed by atoms with E-state index in [4.69, 9.17) is 20.4 Å². The van der Waals surface area contributed by atoms with Gasteiger partial charge in [-0.25, -0.2) is 4.98 Å². The minimum Gasteiger partial charge on any atom is -0.461 e. The molecule has 3 fully saturated rings. The summed E-state index contributed by atoms with van der Waals surface area (Å²) in [7, 11) is 1.97. The Kier molecular flexibility index (Phi) is 8.00. The molecule has 238 valence electrons. The van der Waals surface area contributed by atoms with Crippen LogP contribution in [0.5, 0.6) is 6.01 Å². The monoisotopic (exact) mass is 613 g/mol. The fraction of sp³-hybridized carbons (Fsp3) is 0.625. The number of carbonyl (C=O) groups is 1. The maximum atomic E-state index is 14.3. The van der Waals surface area contributed by atoms with Crippen molar-refractivity contribution in [2.45, 2.75) is 82.5 Å². The van der Waals surface area contributed by atoms with Gasteiger partial charge >= 0.3 is 12.2 Å². The van der Waals surface area contributed by atoms with E-state index in [-0.39, 0.29) is 52.9 Å². The minimum atomic E-state index is -4.56. The van der Waals surface area contributed by atoms with Crippen LogP contribution in [0.3, 0.4) is 0 Å². The van der Waals surface area contributed by atoms with Crippen LogP contribution in [-0.4, -0.2) is 82.1 Å². The zero-order chi connectivity index (χ0) is 31.4. The van der Waals surface area contributed by atoms with Gasteiger partial charge in [0.2, 0.25) is 5.91 Å². The van der Waals surface area contributed by atoms with Gasteiger partial charge < -0.3 is 20.3 Å². The zero-order valence-corrected chi connectivity index (χ0v) is 25.8. The quantitative estimate of drug-likeness (QED) is 0.455. The van der Waals surface area contributed by atoms with Gasteiger partial charge in [-0.05, 0) is 88.6 Å². The van der Waals surface area contributed by atoms with Crippen molar-refractivity contribution < 1.29 is 22.7 Å². The second-order valence-electron chi connectivity index (χ2n) is 13.1. The standard InChI is InChI=1S/C32H42F3N7O2/c1-5-26(43)41-13-8-21(17-41)40(4)29-23-14-19(2)22(28-27(32(33,34)35)20(3)15-25(36)38-28)16-24(23)37-30(39-29)44-18-31-9-6-11-42(31)12-7-10-31/h5,15,19,21-22H,1,6-14,16-18H2,2-4H3,(H2,36,38)/t19-,21-,22?/m1/s1. The summed E-state index contributed by atoms with van der Waals surface area (Å²) in [4.78, 5) is 32.8. The number of amides is 1. The molecule has 12 heteroatoms. The number of anilines is 2. The van der Waals surface area contributed by atoms with E-state index in [2.05, 4.69) is 21.4 Å². The number of nitrogen functional groups attached to an aromatic ring is 1. The molecule has 2 aromatic rings. The molecule has 1 unspecified atom stereocenters. The first-order valence-electron chi connectivity index (χ1n) is 15.7. The van der Waals surface area contributed by atoms with Crippen molar-refractivity contribution in [2.75, 3.05) is 50.5 Å². The van der Waals surface area contributed by atoms with E-state index in [9.17, 15) is 18.0 Å². The first-order valence-corrected chi connectivity index (χ1v) is 15.7. The number of halogens is 3. The van der Waals surface area contributed by atoms with Gasteiger partial charge in [-0.3, -0.25) is 9.69 Å². The summed E-state index contributed by atoms with van der Waals surface area (Å²) in [5.74, 6) is -0.0196. The van der Waals surface area contributed by atoms with Gasteiger partial charge in [-0.1, -0.05) is 13.5 Å². The molecule has 1 aliphatic carbocycles. The second-order valence-corrected chi connectivity index (χ2v) is 13.1. The highest BCUT2D eigenvalue weighted by Crippen LogP contribution is 2.45. The summed E-state index contributed by atoms with van der Waals surface area (Å²) in [6, 6.07) is 1.55. The average molecular weight is 614 g/mol. The second kappa shape index (κ2) is 11.5. The summed E-state index contributed by atoms with van der Waals surface area (Å²) in [5, 5.41) is 0. The van der Waals surface area contributed by atoms with Crippen molar-refractivity contribution in [3.8, 4) is 6.01 Å². The van der Waals surface area contributed by atoms with Crippen molar-refractivity contribution in [1.29, 1.82) is 0 Å². The number of carbonyl (C=O) groups excluding carboxylic acids is 1. The Morgan fingerprint density at radius 3 is 2.61 bits per heavy atom. The first-order chi connectivity index (χ1) is 20.9. The third-order valence-corrected chi connectivity index (χ3v) is 10.4. The Morgan fingerprint density at radius 2 is 1.93 bits per heavy atom. The molecule has 0 spiro atoms. The highest BCUT2D eigenvalue weighted by atomic mass is 19.4. The number of ether oxygens (including phenoxy) is 1. The summed E-state index contributed by atoms with van der Waals surface area (Å²) < 4.78 is 49.4. The summed E-state index contributed by atoms with van der Waals surface area (Å²) >= 11 is 0. The number of likely N-dealkylation sites (N-methyl/N-ethyl adjacent to an activating group) is 1. The minimum absolute atomic E-state index is 0.00992. The van der Waals surface area contributed by atoms with Crippen LogP contribution in [0.2, 0.25) is 0 Å². The predicted octanol–water partition coefficient (Wildman–Crippen LogP) is 4.53. The van der Waals surface area contributed by atoms with Crippen LogP contribution in [0.15, 0.2) is 18.7 Å². The Bertz CT molecular complexity index is 1440. The Balaban J connectivity index is 1.37. The van der Waals surface area contributed by atoms with E-state index >= 15 is 0 Å². The number of hydrogen-bond acceptors (Lipinski definition) is 8. The fourth-order valence-corrected chi connectivity index (χ4v) is 8.05. The molecular weight excluding hydrogens is 571 g/mol. The molecule has 3 aliphatic heterocycles. The number of hydrogen-bond donors (Lipinski definition) is 1. The van der Waals surface area contributed by atoms with Crippen LogP contribution in [0.1, 0.15) is 73.0 Å². The maximum absolute atomic E-state index is 14.3. The molecule has 0 radical (unpaired) electrons. The van der Waals surface area contributed by atoms with Gasteiger partial charge in [-0.2, -0.15) is 23.1 Å². The SMILES string of the molecule is C=CC(=O)N1CC[C@@H](N(C)c2nc(OCC34CCCN3CCC4)nc3c2C[C@@H](C)C(c2nc(N)cc(C)c2C(F)(F)F)C3)C1. The van der Waals surface area contributed by atoms with Crippen molar-refractivity contribution in [3.05, 3.63) is 46.8 Å². The number of aryl methyl sites for hydroxylation is 1. The lowest BCUT2D eigenvalue weighted by atomic mass is 9.75. The Hall–Kier alpha value is -3.41. The number of nitrogens with zero attached hydrogens (tertiary/aromatic N) is 6. The van der Waals surface area contributed by atoms with E-state index in [1.54, 1.807) is 4.90 Å². The van der Waals surface area contributed by atoms with Crippen LogP contribution in [0.25, 0.3) is 0 Å².